The predicted octanol–water partition coefficient (Wildman–Crippen LogP) is 4.89. The van der Waals surface area contributed by atoms with Crippen LogP contribution in [0.2, 0.25) is 5.02 Å². The monoisotopic (exact) mass is 468 g/mol. The van der Waals surface area contributed by atoms with Crippen LogP contribution in [0.5, 0.6) is 0 Å². The molecule has 1 saturated carbocycles. The molecule has 2 fully saturated rings. The predicted molar refractivity (Wildman–Crippen MR) is 126 cm³/mol. The lowest BCUT2D eigenvalue weighted by Gasteiger charge is -2.19. The number of ether oxygens (including phenoxy) is 1. The first kappa shape index (κ1) is 21.5. The largest absolute Gasteiger partial charge is 0.376 e. The Morgan fingerprint density at radius 1 is 1.12 bits per heavy atom. The van der Waals surface area contributed by atoms with Gasteiger partial charge in [0.05, 0.1) is 12.6 Å². The number of hydrogen-bond acceptors (Lipinski definition) is 5. The van der Waals surface area contributed by atoms with E-state index in [2.05, 4.69) is 20.1 Å². The number of rotatable bonds is 8. The van der Waals surface area contributed by atoms with Crippen molar-refractivity contribution < 1.29 is 9.53 Å². The van der Waals surface area contributed by atoms with Crippen molar-refractivity contribution >= 4 is 29.3 Å². The first-order valence-electron chi connectivity index (χ1n) is 11.0. The SMILES string of the molecule is O=C(NC1CC1)[C@@H](Sc1nnc(-c2ccc(Cl)cc2)n1C[C@H]1CCCO1)c1ccccc1. The number of amides is 1. The number of nitrogens with one attached hydrogen (secondary N) is 1. The summed E-state index contributed by atoms with van der Waals surface area (Å²) in [6, 6.07) is 17.8. The van der Waals surface area contributed by atoms with Gasteiger partial charge in [0, 0.05) is 23.2 Å². The molecular weight excluding hydrogens is 444 g/mol. The molecule has 1 aliphatic heterocycles. The molecule has 32 heavy (non-hydrogen) atoms. The molecule has 0 unspecified atom stereocenters. The van der Waals surface area contributed by atoms with E-state index in [-0.39, 0.29) is 12.0 Å². The molecule has 2 aliphatic rings. The fraction of sp³-hybridized carbons (Fsp3) is 0.375. The van der Waals surface area contributed by atoms with Gasteiger partial charge in [-0.1, -0.05) is 53.7 Å². The Kier molecular flexibility index (Phi) is 6.48. The Labute approximate surface area is 196 Å². The van der Waals surface area contributed by atoms with Crippen LogP contribution >= 0.6 is 23.4 Å². The van der Waals surface area contributed by atoms with Gasteiger partial charge in [-0.25, -0.2) is 0 Å². The van der Waals surface area contributed by atoms with Crippen LogP contribution in [0.3, 0.4) is 0 Å². The molecule has 0 radical (unpaired) electrons. The van der Waals surface area contributed by atoms with E-state index in [0.717, 1.165) is 49.2 Å². The number of thioether (sulfide) groups is 1. The lowest BCUT2D eigenvalue weighted by molar-refractivity contribution is -0.120. The van der Waals surface area contributed by atoms with Gasteiger partial charge in [0.15, 0.2) is 11.0 Å². The molecule has 8 heteroatoms. The molecule has 0 bridgehead atoms. The zero-order valence-corrected chi connectivity index (χ0v) is 19.2. The maximum Gasteiger partial charge on any atom is 0.238 e. The zero-order valence-electron chi connectivity index (χ0n) is 17.6. The normalized spacial score (nSPS) is 19.1. The minimum Gasteiger partial charge on any atom is -0.376 e. The van der Waals surface area contributed by atoms with Crippen LogP contribution in [0.15, 0.2) is 59.8 Å². The number of carbonyl (C=O) groups is 1. The van der Waals surface area contributed by atoms with Crippen LogP contribution in [0.4, 0.5) is 0 Å². The van der Waals surface area contributed by atoms with E-state index in [1.54, 1.807) is 0 Å². The van der Waals surface area contributed by atoms with E-state index < -0.39 is 5.25 Å². The van der Waals surface area contributed by atoms with Gasteiger partial charge in [0.1, 0.15) is 5.25 Å². The number of carbonyl (C=O) groups excluding carboxylic acids is 1. The van der Waals surface area contributed by atoms with Gasteiger partial charge < -0.3 is 10.1 Å². The van der Waals surface area contributed by atoms with E-state index >= 15 is 0 Å². The summed E-state index contributed by atoms with van der Waals surface area (Å²) in [6.07, 6.45) is 4.28. The van der Waals surface area contributed by atoms with E-state index in [4.69, 9.17) is 16.3 Å². The van der Waals surface area contributed by atoms with Gasteiger partial charge in [-0.3, -0.25) is 9.36 Å². The number of hydrogen-bond donors (Lipinski definition) is 1. The van der Waals surface area contributed by atoms with E-state index in [1.807, 2.05) is 54.6 Å². The topological polar surface area (TPSA) is 69.0 Å². The third-order valence-corrected chi connectivity index (χ3v) is 7.20. The summed E-state index contributed by atoms with van der Waals surface area (Å²) in [4.78, 5) is 13.1. The molecule has 6 nitrogen and oxygen atoms in total. The Hall–Kier alpha value is -2.35. The number of aromatic nitrogens is 3. The summed E-state index contributed by atoms with van der Waals surface area (Å²) in [5.74, 6) is 0.775. The maximum atomic E-state index is 13.1. The van der Waals surface area contributed by atoms with Gasteiger partial charge in [-0.05, 0) is 55.5 Å². The molecule has 3 aromatic rings. The molecule has 1 saturated heterocycles. The highest BCUT2D eigenvalue weighted by atomic mass is 35.5. The molecule has 1 N–H and O–H groups in total. The zero-order chi connectivity index (χ0) is 21.9. The standard InChI is InChI=1S/C24H25ClN4O2S/c25-18-10-8-17(9-11-18)22-27-28-24(29(22)15-20-7-4-14-31-20)32-21(16-5-2-1-3-6-16)23(30)26-19-12-13-19/h1-3,5-6,8-11,19-21H,4,7,12-15H2,(H,26,30)/t20-,21+/m1/s1. The minimum atomic E-state index is -0.401. The number of nitrogens with zero attached hydrogens (tertiary/aromatic N) is 3. The Balaban J connectivity index is 1.48. The van der Waals surface area contributed by atoms with Crippen molar-refractivity contribution in [2.24, 2.45) is 0 Å². The highest BCUT2D eigenvalue weighted by Crippen LogP contribution is 2.37. The van der Waals surface area contributed by atoms with Gasteiger partial charge >= 0.3 is 0 Å². The van der Waals surface area contributed by atoms with E-state index in [1.165, 1.54) is 11.8 Å². The van der Waals surface area contributed by atoms with Gasteiger partial charge in [-0.2, -0.15) is 0 Å². The highest BCUT2D eigenvalue weighted by Gasteiger charge is 2.31. The first-order valence-corrected chi connectivity index (χ1v) is 12.3. The lowest BCUT2D eigenvalue weighted by atomic mass is 10.1. The summed E-state index contributed by atoms with van der Waals surface area (Å²) in [6.45, 7) is 1.43. The maximum absolute atomic E-state index is 13.1. The third kappa shape index (κ3) is 5.00. The van der Waals surface area contributed by atoms with Crippen molar-refractivity contribution in [2.45, 2.75) is 54.8 Å². The number of benzene rings is 2. The fourth-order valence-corrected chi connectivity index (χ4v) is 5.04. The smallest absolute Gasteiger partial charge is 0.238 e. The Morgan fingerprint density at radius 3 is 2.59 bits per heavy atom. The Bertz CT molecular complexity index is 1060. The van der Waals surface area contributed by atoms with Gasteiger partial charge in [-0.15, -0.1) is 10.2 Å². The van der Waals surface area contributed by atoms with Crippen LogP contribution < -0.4 is 5.32 Å². The summed E-state index contributed by atoms with van der Waals surface area (Å²) in [5, 5.41) is 13.1. The molecule has 2 atom stereocenters. The second-order valence-corrected chi connectivity index (χ2v) is 9.76. The molecule has 1 aliphatic carbocycles. The minimum absolute atomic E-state index is 0.0170. The average molecular weight is 469 g/mol. The molecule has 1 amide bonds. The lowest BCUT2D eigenvalue weighted by Crippen LogP contribution is -2.30. The summed E-state index contributed by atoms with van der Waals surface area (Å²) < 4.78 is 7.99. The quantitative estimate of drug-likeness (QED) is 0.477. The average Bonchev–Trinajstić information content (AvgIpc) is 3.31. The second kappa shape index (κ2) is 9.65. The number of halogens is 1. The van der Waals surface area contributed by atoms with Gasteiger partial charge in [0.25, 0.3) is 0 Å². The highest BCUT2D eigenvalue weighted by molar-refractivity contribution is 8.00. The van der Waals surface area contributed by atoms with E-state index in [0.29, 0.717) is 22.8 Å². The van der Waals surface area contributed by atoms with Crippen molar-refractivity contribution in [3.63, 3.8) is 0 Å². The van der Waals surface area contributed by atoms with Crippen LogP contribution in [0, 0.1) is 0 Å². The molecule has 1 aromatic heterocycles. The van der Waals surface area contributed by atoms with Crippen LogP contribution in [0.1, 0.15) is 36.5 Å². The molecular formula is C24H25ClN4O2S. The van der Waals surface area contributed by atoms with Crippen molar-refractivity contribution in [1.82, 2.24) is 20.1 Å². The third-order valence-electron chi connectivity index (χ3n) is 5.72. The van der Waals surface area contributed by atoms with Crippen LogP contribution in [-0.4, -0.2) is 39.4 Å². The van der Waals surface area contributed by atoms with Crippen molar-refractivity contribution in [3.8, 4) is 11.4 Å². The molecule has 166 valence electrons. The molecule has 0 spiro atoms. The summed E-state index contributed by atoms with van der Waals surface area (Å²) >= 11 is 7.53. The second-order valence-electron chi connectivity index (χ2n) is 8.25. The van der Waals surface area contributed by atoms with Gasteiger partial charge in [0.2, 0.25) is 5.91 Å². The first-order chi connectivity index (χ1) is 15.7. The summed E-state index contributed by atoms with van der Waals surface area (Å²) in [7, 11) is 0. The molecule has 2 heterocycles. The van der Waals surface area contributed by atoms with Crippen LogP contribution in [-0.2, 0) is 16.1 Å². The van der Waals surface area contributed by atoms with Crippen molar-refractivity contribution in [1.29, 1.82) is 0 Å². The van der Waals surface area contributed by atoms with Crippen molar-refractivity contribution in [3.05, 3.63) is 65.2 Å². The van der Waals surface area contributed by atoms with Crippen molar-refractivity contribution in [2.75, 3.05) is 6.61 Å². The molecule has 5 rings (SSSR count). The Morgan fingerprint density at radius 2 is 1.91 bits per heavy atom. The molecule has 2 aromatic carbocycles. The van der Waals surface area contributed by atoms with E-state index in [9.17, 15) is 4.79 Å². The van der Waals surface area contributed by atoms with Crippen LogP contribution in [0.25, 0.3) is 11.4 Å². The fourth-order valence-electron chi connectivity index (χ4n) is 3.86. The summed E-state index contributed by atoms with van der Waals surface area (Å²) in [5.41, 5.74) is 1.89.